The Morgan fingerprint density at radius 1 is 1.14 bits per heavy atom. The maximum atomic E-state index is 6.28. The van der Waals surface area contributed by atoms with Gasteiger partial charge in [-0.1, -0.05) is 30.3 Å². The highest BCUT2D eigenvalue weighted by Crippen LogP contribution is 2.30. The molecule has 1 nitrogen and oxygen atoms in total. The largest absolute Gasteiger partial charge is 0.467 e. The molecular weight excluding hydrogens is 196 g/mol. The van der Waals surface area contributed by atoms with E-state index < -0.39 is 0 Å². The summed E-state index contributed by atoms with van der Waals surface area (Å²) in [5, 5.41) is -0.189. The van der Waals surface area contributed by atoms with E-state index in [9.17, 15) is 0 Å². The second-order valence-electron chi connectivity index (χ2n) is 3.24. The third-order valence-corrected chi connectivity index (χ3v) is 2.67. The zero-order chi connectivity index (χ0) is 9.97. The minimum Gasteiger partial charge on any atom is -0.467 e. The fourth-order valence-electron chi connectivity index (χ4n) is 1.42. The molecule has 1 aromatic carbocycles. The summed E-state index contributed by atoms with van der Waals surface area (Å²) in [6, 6.07) is 11.8. The van der Waals surface area contributed by atoms with Crippen molar-refractivity contribution in [1.29, 1.82) is 0 Å². The third kappa shape index (κ3) is 1.68. The lowest BCUT2D eigenvalue weighted by molar-refractivity contribution is 0.513. The van der Waals surface area contributed by atoms with Gasteiger partial charge in [0.2, 0.25) is 0 Å². The average molecular weight is 207 g/mol. The Labute approximate surface area is 88.3 Å². The van der Waals surface area contributed by atoms with Crippen LogP contribution in [0.15, 0.2) is 47.1 Å². The highest BCUT2D eigenvalue weighted by molar-refractivity contribution is 6.22. The van der Waals surface area contributed by atoms with Crippen LogP contribution < -0.4 is 0 Å². The molecule has 0 saturated heterocycles. The quantitative estimate of drug-likeness (QED) is 0.679. The molecule has 0 radical (unpaired) electrons. The molecule has 0 saturated carbocycles. The van der Waals surface area contributed by atoms with E-state index in [2.05, 4.69) is 0 Å². The molecule has 2 rings (SSSR count). The molecule has 0 fully saturated rings. The zero-order valence-corrected chi connectivity index (χ0v) is 8.66. The van der Waals surface area contributed by atoms with Crippen LogP contribution in [0.4, 0.5) is 0 Å². The normalized spacial score (nSPS) is 12.7. The van der Waals surface area contributed by atoms with Crippen LogP contribution in [0.5, 0.6) is 0 Å². The van der Waals surface area contributed by atoms with Gasteiger partial charge < -0.3 is 4.42 Å². The molecule has 1 atom stereocenters. The molecule has 0 spiro atoms. The van der Waals surface area contributed by atoms with Crippen molar-refractivity contribution in [3.8, 4) is 0 Å². The maximum absolute atomic E-state index is 6.28. The summed E-state index contributed by atoms with van der Waals surface area (Å²) >= 11 is 6.28. The standard InChI is InChI=1S/C12H11ClO/c1-9-7-8-14-12(9)11(13)10-5-3-2-4-6-10/h2-8,11H,1H3. The summed E-state index contributed by atoms with van der Waals surface area (Å²) in [7, 11) is 0. The molecule has 14 heavy (non-hydrogen) atoms. The molecule has 72 valence electrons. The number of rotatable bonds is 2. The first-order valence-electron chi connectivity index (χ1n) is 4.52. The highest BCUT2D eigenvalue weighted by Gasteiger charge is 2.15. The molecule has 0 bridgehead atoms. The summed E-state index contributed by atoms with van der Waals surface area (Å²) in [6.07, 6.45) is 1.67. The van der Waals surface area contributed by atoms with E-state index in [1.807, 2.05) is 43.3 Å². The van der Waals surface area contributed by atoms with Gasteiger partial charge in [0.15, 0.2) is 0 Å². The summed E-state index contributed by atoms with van der Waals surface area (Å²) in [5.41, 5.74) is 2.15. The Bertz CT molecular complexity index is 405. The van der Waals surface area contributed by atoms with Crippen molar-refractivity contribution in [2.45, 2.75) is 12.3 Å². The topological polar surface area (TPSA) is 13.1 Å². The van der Waals surface area contributed by atoms with Crippen molar-refractivity contribution in [2.24, 2.45) is 0 Å². The van der Waals surface area contributed by atoms with Gasteiger partial charge in [-0.25, -0.2) is 0 Å². The van der Waals surface area contributed by atoms with Gasteiger partial charge >= 0.3 is 0 Å². The van der Waals surface area contributed by atoms with E-state index in [4.69, 9.17) is 16.0 Å². The molecule has 1 heterocycles. The molecule has 0 aliphatic heterocycles. The van der Waals surface area contributed by atoms with Crippen molar-refractivity contribution >= 4 is 11.6 Å². The Morgan fingerprint density at radius 2 is 1.86 bits per heavy atom. The van der Waals surface area contributed by atoms with Crippen LogP contribution in [0.1, 0.15) is 22.3 Å². The van der Waals surface area contributed by atoms with Crippen molar-refractivity contribution < 1.29 is 4.42 Å². The van der Waals surface area contributed by atoms with E-state index in [0.717, 1.165) is 16.9 Å². The van der Waals surface area contributed by atoms with Crippen LogP contribution >= 0.6 is 11.6 Å². The lowest BCUT2D eigenvalue weighted by Gasteiger charge is -2.07. The van der Waals surface area contributed by atoms with Crippen LogP contribution in [-0.2, 0) is 0 Å². The lowest BCUT2D eigenvalue weighted by atomic mass is 10.1. The number of halogens is 1. The molecule has 0 amide bonds. The molecule has 2 aromatic rings. The molecule has 0 N–H and O–H groups in total. The van der Waals surface area contributed by atoms with E-state index in [1.54, 1.807) is 6.26 Å². The Kier molecular flexibility index (Phi) is 2.60. The van der Waals surface area contributed by atoms with Gasteiger partial charge in [-0.2, -0.15) is 0 Å². The second kappa shape index (κ2) is 3.89. The van der Waals surface area contributed by atoms with Gasteiger partial charge in [-0.05, 0) is 24.1 Å². The minimum atomic E-state index is -0.189. The lowest BCUT2D eigenvalue weighted by Crippen LogP contribution is -1.92. The fourth-order valence-corrected chi connectivity index (χ4v) is 1.79. The number of hydrogen-bond acceptors (Lipinski definition) is 1. The Hall–Kier alpha value is -1.21. The number of furan rings is 1. The molecule has 1 aromatic heterocycles. The molecule has 1 unspecified atom stereocenters. The van der Waals surface area contributed by atoms with E-state index in [1.165, 1.54) is 0 Å². The van der Waals surface area contributed by atoms with Gasteiger partial charge in [0.1, 0.15) is 11.1 Å². The number of alkyl halides is 1. The molecular formula is C12H11ClO. The summed E-state index contributed by atoms with van der Waals surface area (Å²) < 4.78 is 5.35. The van der Waals surface area contributed by atoms with Crippen molar-refractivity contribution in [3.63, 3.8) is 0 Å². The SMILES string of the molecule is Cc1ccoc1C(Cl)c1ccccc1. The van der Waals surface area contributed by atoms with Crippen LogP contribution in [0.2, 0.25) is 0 Å². The maximum Gasteiger partial charge on any atom is 0.128 e. The Balaban J connectivity index is 2.34. The Morgan fingerprint density at radius 3 is 2.43 bits per heavy atom. The van der Waals surface area contributed by atoms with Crippen molar-refractivity contribution in [1.82, 2.24) is 0 Å². The number of hydrogen-bond donors (Lipinski definition) is 0. The summed E-state index contributed by atoms with van der Waals surface area (Å²) in [6.45, 7) is 2.00. The molecule has 2 heteroatoms. The van der Waals surface area contributed by atoms with Crippen LogP contribution in [-0.4, -0.2) is 0 Å². The first-order chi connectivity index (χ1) is 6.79. The fraction of sp³-hybridized carbons (Fsp3) is 0.167. The van der Waals surface area contributed by atoms with Crippen molar-refractivity contribution in [3.05, 3.63) is 59.5 Å². The average Bonchev–Trinajstić information content (AvgIpc) is 2.65. The molecule has 0 aliphatic carbocycles. The molecule has 0 aliphatic rings. The van der Waals surface area contributed by atoms with E-state index >= 15 is 0 Å². The predicted molar refractivity (Wildman–Crippen MR) is 57.6 cm³/mol. The van der Waals surface area contributed by atoms with Crippen LogP contribution in [0.25, 0.3) is 0 Å². The summed E-state index contributed by atoms with van der Waals surface area (Å²) in [4.78, 5) is 0. The van der Waals surface area contributed by atoms with Gasteiger partial charge in [-0.15, -0.1) is 11.6 Å². The smallest absolute Gasteiger partial charge is 0.128 e. The number of aryl methyl sites for hydroxylation is 1. The van der Waals surface area contributed by atoms with Crippen LogP contribution in [0.3, 0.4) is 0 Å². The van der Waals surface area contributed by atoms with Gasteiger partial charge in [0.05, 0.1) is 6.26 Å². The summed E-state index contributed by atoms with van der Waals surface area (Å²) in [5.74, 6) is 0.831. The van der Waals surface area contributed by atoms with E-state index in [0.29, 0.717) is 0 Å². The zero-order valence-electron chi connectivity index (χ0n) is 7.91. The first kappa shape index (κ1) is 9.35. The first-order valence-corrected chi connectivity index (χ1v) is 4.95. The van der Waals surface area contributed by atoms with Gasteiger partial charge in [0, 0.05) is 0 Å². The van der Waals surface area contributed by atoms with Gasteiger partial charge in [-0.3, -0.25) is 0 Å². The third-order valence-electron chi connectivity index (χ3n) is 2.22. The monoisotopic (exact) mass is 206 g/mol. The van der Waals surface area contributed by atoms with Crippen molar-refractivity contribution in [2.75, 3.05) is 0 Å². The minimum absolute atomic E-state index is 0.189. The predicted octanol–water partition coefficient (Wildman–Crippen LogP) is 3.92. The van der Waals surface area contributed by atoms with Gasteiger partial charge in [0.25, 0.3) is 0 Å². The van der Waals surface area contributed by atoms with Crippen LogP contribution in [0, 0.1) is 6.92 Å². The van der Waals surface area contributed by atoms with E-state index in [-0.39, 0.29) is 5.38 Å². The highest BCUT2D eigenvalue weighted by atomic mass is 35.5. The number of benzene rings is 1. The second-order valence-corrected chi connectivity index (χ2v) is 3.68.